The first-order chi connectivity index (χ1) is 29.3. The largest absolute Gasteiger partial charge is 0.506 e. The predicted octanol–water partition coefficient (Wildman–Crippen LogP) is 9.01. The van der Waals surface area contributed by atoms with Crippen molar-refractivity contribution in [3.8, 4) is 23.0 Å². The van der Waals surface area contributed by atoms with Crippen LogP contribution in [-0.4, -0.2) is 72.6 Å². The summed E-state index contributed by atoms with van der Waals surface area (Å²) in [6, 6.07) is 13.8. The minimum Gasteiger partial charge on any atom is -0.506 e. The van der Waals surface area contributed by atoms with Crippen molar-refractivity contribution in [1.29, 1.82) is 0 Å². The fourth-order valence-electron chi connectivity index (χ4n) is 5.63. The lowest BCUT2D eigenvalue weighted by atomic mass is 10.1. The Morgan fingerprint density at radius 1 is 0.613 bits per heavy atom. The Balaban J connectivity index is 1.46. The van der Waals surface area contributed by atoms with E-state index in [1.54, 1.807) is 13.8 Å². The Labute approximate surface area is 354 Å². The fourth-order valence-corrected chi connectivity index (χ4v) is 7.84. The molecule has 6 N–H and O–H groups in total. The van der Waals surface area contributed by atoms with E-state index in [0.29, 0.717) is 12.0 Å². The monoisotopic (exact) mass is 931 g/mol. The first-order valence-electron chi connectivity index (χ1n) is 17.1. The van der Waals surface area contributed by atoms with Gasteiger partial charge in [-0.1, -0.05) is 11.1 Å². The minimum atomic E-state index is -4.88. The van der Waals surface area contributed by atoms with Gasteiger partial charge in [-0.25, -0.2) is 5.26 Å². The van der Waals surface area contributed by atoms with Crippen molar-refractivity contribution in [2.75, 3.05) is 13.2 Å². The highest BCUT2D eigenvalue weighted by Gasteiger charge is 2.23. The van der Waals surface area contributed by atoms with Crippen molar-refractivity contribution in [3.05, 3.63) is 79.0 Å². The number of pyridine rings is 1. The molecule has 0 unspecified atom stereocenters. The molecule has 0 aliphatic carbocycles. The van der Waals surface area contributed by atoms with Gasteiger partial charge in [0.1, 0.15) is 61.0 Å². The normalized spacial score (nSPS) is 12.7. The van der Waals surface area contributed by atoms with Crippen LogP contribution in [0.15, 0.2) is 129 Å². The maximum absolute atomic E-state index is 12.2. The third-order valence-electron chi connectivity index (χ3n) is 8.22. The summed E-state index contributed by atoms with van der Waals surface area (Å²) in [6.07, 6.45) is 1.25. The summed E-state index contributed by atoms with van der Waals surface area (Å²) in [7, 11) is -14.5. The van der Waals surface area contributed by atoms with E-state index in [2.05, 4.69) is 45.0 Å². The molecule has 0 aliphatic rings. The number of hydrogen-bond acceptors (Lipinski definition) is 21. The zero-order valence-corrected chi connectivity index (χ0v) is 34.7. The average Bonchev–Trinajstić information content (AvgIpc) is 3.21. The lowest BCUT2D eigenvalue weighted by Gasteiger charge is -2.12. The van der Waals surface area contributed by atoms with Gasteiger partial charge in [-0.2, -0.15) is 25.3 Å². The van der Waals surface area contributed by atoms with Gasteiger partial charge in [0.05, 0.1) is 35.8 Å². The molecule has 0 saturated heterocycles. The molecule has 324 valence electrons. The molecule has 0 radical (unpaired) electrons. The highest BCUT2D eigenvalue weighted by atomic mass is 32.2. The smallest absolute Gasteiger partial charge is 0.296 e. The number of ether oxygens (including phenoxy) is 2. The molecule has 0 fully saturated rings. The van der Waals surface area contributed by atoms with Crippen LogP contribution in [0.1, 0.15) is 13.8 Å². The number of hydrogen-bond donors (Lipinski definition) is 6. The summed E-state index contributed by atoms with van der Waals surface area (Å²) < 4.78 is 118. The van der Waals surface area contributed by atoms with Crippen LogP contribution >= 0.6 is 12.0 Å². The molecule has 27 heteroatoms. The number of nitrogens with zero attached hydrogens (tertiary/aromatic N) is 7. The van der Waals surface area contributed by atoms with Gasteiger partial charge in [0, 0.05) is 45.5 Å². The number of phenolic OH excluding ortho intramolecular Hbond substituents is 2. The molecule has 0 bridgehead atoms. The van der Waals surface area contributed by atoms with Crippen molar-refractivity contribution >= 4 is 98.2 Å². The number of benzene rings is 5. The van der Waals surface area contributed by atoms with Crippen LogP contribution in [0.25, 0.3) is 21.7 Å². The summed E-state index contributed by atoms with van der Waals surface area (Å²) in [5.41, 5.74) is -1.63. The zero-order chi connectivity index (χ0) is 45.0. The molecule has 5 aromatic carbocycles. The molecule has 0 spiro atoms. The Morgan fingerprint density at radius 2 is 1.23 bits per heavy atom. The maximum atomic E-state index is 12.2. The van der Waals surface area contributed by atoms with E-state index in [9.17, 15) is 49.1 Å². The summed E-state index contributed by atoms with van der Waals surface area (Å²) in [5, 5.41) is 58.4. The van der Waals surface area contributed by atoms with Crippen molar-refractivity contribution in [3.63, 3.8) is 0 Å². The predicted molar refractivity (Wildman–Crippen MR) is 217 cm³/mol. The molecular formula is C35H29N7O16S4. The third-order valence-corrected chi connectivity index (χ3v) is 11.4. The number of phenols is 2. The Kier molecular flexibility index (Phi) is 13.4. The van der Waals surface area contributed by atoms with Gasteiger partial charge >= 0.3 is 0 Å². The summed E-state index contributed by atoms with van der Waals surface area (Å²) in [5.74, 6) is -1.25. The Morgan fingerprint density at radius 3 is 1.82 bits per heavy atom. The number of rotatable bonds is 16. The molecule has 0 amide bonds. The second-order valence-electron chi connectivity index (χ2n) is 12.1. The van der Waals surface area contributed by atoms with Crippen LogP contribution in [0, 0.1) is 0 Å². The fraction of sp³-hybridized carbons (Fsp3) is 0.114. The van der Waals surface area contributed by atoms with Crippen molar-refractivity contribution in [2.24, 2.45) is 30.7 Å². The van der Waals surface area contributed by atoms with Gasteiger partial charge in [-0.05, 0) is 62.4 Å². The second-order valence-corrected chi connectivity index (χ2v) is 17.1. The van der Waals surface area contributed by atoms with Crippen LogP contribution in [0.4, 0.5) is 34.1 Å². The van der Waals surface area contributed by atoms with Crippen molar-refractivity contribution in [1.82, 2.24) is 4.98 Å². The quantitative estimate of drug-likeness (QED) is 0.0173. The molecule has 1 heterocycles. The topological polar surface area (TPSA) is 348 Å². The Hall–Kier alpha value is -6.27. The summed E-state index contributed by atoms with van der Waals surface area (Å²) >= 11 is 0.490. The maximum Gasteiger partial charge on any atom is 0.296 e. The molecule has 62 heavy (non-hydrogen) atoms. The van der Waals surface area contributed by atoms with Gasteiger partial charge in [-0.15, -0.1) is 35.0 Å². The molecule has 23 nitrogen and oxygen atoms in total. The molecule has 6 aromatic rings. The zero-order valence-electron chi connectivity index (χ0n) is 31.4. The average molecular weight is 932 g/mol. The molecular weight excluding hydrogens is 903 g/mol. The van der Waals surface area contributed by atoms with E-state index in [4.69, 9.17) is 14.7 Å². The van der Waals surface area contributed by atoms with Crippen LogP contribution in [-0.2, 0) is 39.7 Å². The third kappa shape index (κ3) is 10.1. The van der Waals surface area contributed by atoms with Gasteiger partial charge < -0.3 is 19.7 Å². The van der Waals surface area contributed by atoms with Gasteiger partial charge in [0.15, 0.2) is 5.75 Å². The summed E-state index contributed by atoms with van der Waals surface area (Å²) in [6.45, 7) is 3.48. The first kappa shape index (κ1) is 45.3. The van der Waals surface area contributed by atoms with Crippen LogP contribution in [0.2, 0.25) is 0 Å². The van der Waals surface area contributed by atoms with Crippen LogP contribution in [0.3, 0.4) is 0 Å². The first-order valence-corrected chi connectivity index (χ1v) is 22.2. The van der Waals surface area contributed by atoms with Crippen LogP contribution < -0.4 is 9.47 Å². The summed E-state index contributed by atoms with van der Waals surface area (Å²) in [4.78, 5) is 2.22. The highest BCUT2D eigenvalue weighted by Crippen LogP contribution is 2.46. The molecule has 0 saturated carbocycles. The van der Waals surface area contributed by atoms with Gasteiger partial charge in [0.2, 0.25) is 0 Å². The van der Waals surface area contributed by atoms with E-state index < -0.39 is 67.9 Å². The van der Waals surface area contributed by atoms with E-state index in [1.807, 2.05) is 0 Å². The Bertz CT molecular complexity index is 3170. The van der Waals surface area contributed by atoms with E-state index in [0.717, 1.165) is 30.3 Å². The SMILES string of the molecule is CCOc1cc(N=Nc2cc(O)c(N=Nc3cc(S(=O)(=O)O)c4cccnc4c3O)c3cc(S(=O)(=O)O)ccc23)c(OCC)cc1N=Nc1cc(SOOO)ccc1S(=O)(=O)O. The molecule has 1 aromatic heterocycles. The standard InChI is InChI=1S/C35H29N7O16S4/c1-3-55-29-16-25(39-40-26-12-18(59-58-57-45)7-10-31(26)61(49,50)51)30(56-4-2)15-24(29)38-37-23-14-28(43)33(22-13-19(60(46,47)48)8-9-20(22)23)42-41-27-17-32(62(52,53)54)21-6-5-11-36-34(21)35(27)44/h5-17,43-45H,3-4H2,1-2H3,(H,46,47,48)(H,49,50,51)(H,52,53,54). The number of azo groups is 3. The van der Waals surface area contributed by atoms with Crippen LogP contribution in [0.5, 0.6) is 23.0 Å². The molecule has 6 rings (SSSR count). The second kappa shape index (κ2) is 18.4. The number of fused-ring (bicyclic) bond motifs is 2. The van der Waals surface area contributed by atoms with Gasteiger partial charge in [-0.3, -0.25) is 18.6 Å². The van der Waals surface area contributed by atoms with Gasteiger partial charge in [0.25, 0.3) is 30.4 Å². The van der Waals surface area contributed by atoms with E-state index >= 15 is 0 Å². The lowest BCUT2D eigenvalue weighted by Crippen LogP contribution is -1.99. The molecule has 0 atom stereocenters. The number of aromatic nitrogens is 1. The van der Waals surface area contributed by atoms with E-state index in [-0.39, 0.29) is 74.0 Å². The lowest BCUT2D eigenvalue weighted by molar-refractivity contribution is -0.432. The molecule has 0 aliphatic heterocycles. The van der Waals surface area contributed by atoms with Crippen molar-refractivity contribution < 1.29 is 73.2 Å². The minimum absolute atomic E-state index is 0.00368. The highest BCUT2D eigenvalue weighted by molar-refractivity contribution is 7.94. The van der Waals surface area contributed by atoms with E-state index in [1.165, 1.54) is 48.7 Å². The van der Waals surface area contributed by atoms with Crippen molar-refractivity contribution in [2.45, 2.75) is 33.4 Å². The number of aromatic hydroxyl groups is 2.